The van der Waals surface area contributed by atoms with Crippen LogP contribution in [0.25, 0.3) is 88.7 Å². The number of hydrogen-bond acceptors (Lipinski definition) is 2. The van der Waals surface area contributed by atoms with Crippen molar-refractivity contribution >= 4 is 39.0 Å². The molecule has 2 aliphatic rings. The first-order valence-corrected chi connectivity index (χ1v) is 23.8. The van der Waals surface area contributed by atoms with Gasteiger partial charge in [0.2, 0.25) is 0 Å². The lowest BCUT2D eigenvalue weighted by atomic mass is 9.70. The third-order valence-electron chi connectivity index (χ3n) is 14.7. The summed E-state index contributed by atoms with van der Waals surface area (Å²) in [6.07, 6.45) is 0. The molecule has 0 saturated carbocycles. The van der Waals surface area contributed by atoms with Crippen molar-refractivity contribution in [2.45, 2.75) is 5.41 Å². The highest BCUT2D eigenvalue weighted by molar-refractivity contribution is 6.12. The Morgan fingerprint density at radius 3 is 1.42 bits per heavy atom. The van der Waals surface area contributed by atoms with Crippen LogP contribution in [-0.4, -0.2) is 0 Å². The van der Waals surface area contributed by atoms with Crippen LogP contribution in [0.15, 0.2) is 265 Å². The summed E-state index contributed by atoms with van der Waals surface area (Å²) in [6.45, 7) is 0. The van der Waals surface area contributed by atoms with E-state index >= 15 is 0 Å². The van der Waals surface area contributed by atoms with E-state index in [0.717, 1.165) is 61.3 Å². The second kappa shape index (κ2) is 15.6. The molecule has 12 aromatic rings. The molecule has 2 nitrogen and oxygen atoms in total. The zero-order valence-corrected chi connectivity index (χ0v) is 37.7. The van der Waals surface area contributed by atoms with Crippen molar-refractivity contribution in [3.63, 3.8) is 0 Å². The molecule has 0 bridgehead atoms. The smallest absolute Gasteiger partial charge is 0.136 e. The van der Waals surface area contributed by atoms with Gasteiger partial charge in [-0.15, -0.1) is 0 Å². The van der Waals surface area contributed by atoms with E-state index in [2.05, 4.69) is 260 Å². The van der Waals surface area contributed by atoms with Crippen LogP contribution in [0, 0.1) is 0 Å². The molecular weight excluding hydrogens is 835 g/mol. The Kier molecular flexibility index (Phi) is 8.84. The van der Waals surface area contributed by atoms with Crippen molar-refractivity contribution in [2.24, 2.45) is 0 Å². The van der Waals surface area contributed by atoms with Gasteiger partial charge in [-0.3, -0.25) is 0 Å². The van der Waals surface area contributed by atoms with Gasteiger partial charge in [0, 0.05) is 27.7 Å². The molecule has 0 amide bonds. The van der Waals surface area contributed by atoms with Gasteiger partial charge >= 0.3 is 0 Å². The Labute approximate surface area is 401 Å². The summed E-state index contributed by atoms with van der Waals surface area (Å²) in [5.74, 6) is 0. The minimum absolute atomic E-state index is 0.495. The maximum absolute atomic E-state index is 6.37. The third kappa shape index (κ3) is 5.86. The van der Waals surface area contributed by atoms with Crippen molar-refractivity contribution in [2.75, 3.05) is 4.90 Å². The molecule has 1 heterocycles. The Morgan fingerprint density at radius 1 is 0.290 bits per heavy atom. The van der Waals surface area contributed by atoms with Gasteiger partial charge in [-0.1, -0.05) is 218 Å². The average Bonchev–Trinajstić information content (AvgIpc) is 4.06. The highest BCUT2D eigenvalue weighted by atomic mass is 16.3. The molecule has 11 aromatic carbocycles. The number of nitrogens with zero attached hydrogens (tertiary/aromatic N) is 1. The van der Waals surface area contributed by atoms with Crippen LogP contribution in [0.3, 0.4) is 0 Å². The number of para-hydroxylation sites is 1. The highest BCUT2D eigenvalue weighted by Crippen LogP contribution is 2.63. The number of benzene rings is 11. The summed E-state index contributed by atoms with van der Waals surface area (Å²) in [5.41, 5.74) is 24.2. The van der Waals surface area contributed by atoms with Gasteiger partial charge in [-0.2, -0.15) is 0 Å². The van der Waals surface area contributed by atoms with Crippen LogP contribution in [0.2, 0.25) is 0 Å². The maximum atomic E-state index is 6.37. The molecule has 0 aliphatic heterocycles. The lowest BCUT2D eigenvalue weighted by Gasteiger charge is -2.33. The average molecular weight is 878 g/mol. The molecular formula is C67H43NO. The summed E-state index contributed by atoms with van der Waals surface area (Å²) in [6, 6.07) is 95.7. The van der Waals surface area contributed by atoms with E-state index in [1.165, 1.54) is 66.8 Å². The van der Waals surface area contributed by atoms with E-state index in [1.54, 1.807) is 0 Å². The minimum Gasteiger partial charge on any atom is -0.456 e. The van der Waals surface area contributed by atoms with Crippen molar-refractivity contribution < 1.29 is 4.42 Å². The molecule has 0 fully saturated rings. The molecule has 0 saturated heterocycles. The first-order valence-electron chi connectivity index (χ1n) is 23.8. The molecule has 1 spiro atoms. The molecule has 0 N–H and O–H groups in total. The molecule has 2 aliphatic carbocycles. The second-order valence-corrected chi connectivity index (χ2v) is 18.3. The predicted molar refractivity (Wildman–Crippen MR) is 286 cm³/mol. The Balaban J connectivity index is 1.05. The first kappa shape index (κ1) is 39.2. The summed E-state index contributed by atoms with van der Waals surface area (Å²) in [5, 5.41) is 2.25. The quantitative estimate of drug-likeness (QED) is 0.159. The molecule has 0 unspecified atom stereocenters. The van der Waals surface area contributed by atoms with Gasteiger partial charge < -0.3 is 9.32 Å². The minimum atomic E-state index is -0.495. The summed E-state index contributed by atoms with van der Waals surface area (Å²) in [7, 11) is 0. The van der Waals surface area contributed by atoms with Gasteiger partial charge in [0.15, 0.2) is 0 Å². The van der Waals surface area contributed by atoms with Gasteiger partial charge in [0.1, 0.15) is 11.2 Å². The normalized spacial score (nSPS) is 12.8. The van der Waals surface area contributed by atoms with E-state index in [9.17, 15) is 0 Å². The van der Waals surface area contributed by atoms with E-state index < -0.39 is 5.41 Å². The zero-order chi connectivity index (χ0) is 45.5. The molecule has 0 atom stereocenters. The standard InChI is InChI=1S/C67H43NO/c1-3-19-44(20-4-1)49-23-7-8-27-56(49)65-50(45-21-5-2-6-22-45)29-17-34-62(65)68(47-39-37-46(38-40-47)51-30-18-36-64-66(51)57-28-12-16-35-63(57)69-64)48-41-42-55-54-26-11-15-33-60(54)67(61(55)43-48)58-31-13-9-24-52(58)53-25-10-14-32-59(53)67/h1-43H. The van der Waals surface area contributed by atoms with Gasteiger partial charge in [-0.25, -0.2) is 0 Å². The van der Waals surface area contributed by atoms with Gasteiger partial charge in [0.25, 0.3) is 0 Å². The van der Waals surface area contributed by atoms with Crippen LogP contribution in [-0.2, 0) is 5.41 Å². The fourth-order valence-corrected chi connectivity index (χ4v) is 11.9. The van der Waals surface area contributed by atoms with Crippen LogP contribution in [0.5, 0.6) is 0 Å². The van der Waals surface area contributed by atoms with E-state index in [1.807, 2.05) is 6.07 Å². The van der Waals surface area contributed by atoms with Crippen molar-refractivity contribution in [3.8, 4) is 66.8 Å². The van der Waals surface area contributed by atoms with Gasteiger partial charge in [0.05, 0.1) is 11.1 Å². The van der Waals surface area contributed by atoms with E-state index in [0.29, 0.717) is 0 Å². The van der Waals surface area contributed by atoms with Crippen LogP contribution in [0.4, 0.5) is 17.1 Å². The lowest BCUT2D eigenvalue weighted by molar-refractivity contribution is 0.669. The molecule has 69 heavy (non-hydrogen) atoms. The molecule has 322 valence electrons. The van der Waals surface area contributed by atoms with Gasteiger partial charge in [-0.05, 0) is 126 Å². The molecule has 1 aromatic heterocycles. The van der Waals surface area contributed by atoms with E-state index in [-0.39, 0.29) is 0 Å². The number of anilines is 3. The Bertz CT molecular complexity index is 3890. The monoisotopic (exact) mass is 877 g/mol. The fourth-order valence-electron chi connectivity index (χ4n) is 11.9. The largest absolute Gasteiger partial charge is 0.456 e. The Hall–Kier alpha value is -8.98. The fraction of sp³-hybridized carbons (Fsp3) is 0.0149. The number of hydrogen-bond donors (Lipinski definition) is 0. The van der Waals surface area contributed by atoms with E-state index in [4.69, 9.17) is 4.42 Å². The number of fused-ring (bicyclic) bond motifs is 13. The van der Waals surface area contributed by atoms with Crippen molar-refractivity contribution in [1.82, 2.24) is 0 Å². The first-order chi connectivity index (χ1) is 34.3. The van der Waals surface area contributed by atoms with Crippen LogP contribution >= 0.6 is 0 Å². The summed E-state index contributed by atoms with van der Waals surface area (Å²) in [4.78, 5) is 2.50. The molecule has 14 rings (SSSR count). The molecule has 0 radical (unpaired) electrons. The SMILES string of the molecule is c1ccc(-c2ccccc2-c2c(-c3ccccc3)cccc2N(c2ccc(-c3cccc4oc5ccccc5c34)cc2)c2ccc3c(c2)C2(c4ccccc4-c4ccccc42)c2ccccc2-3)cc1. The maximum Gasteiger partial charge on any atom is 0.136 e. The number of furan rings is 1. The predicted octanol–water partition coefficient (Wildman–Crippen LogP) is 18.1. The summed E-state index contributed by atoms with van der Waals surface area (Å²) < 4.78 is 6.37. The third-order valence-corrected chi connectivity index (χ3v) is 14.7. The van der Waals surface area contributed by atoms with Crippen molar-refractivity contribution in [3.05, 3.63) is 283 Å². The second-order valence-electron chi connectivity index (χ2n) is 18.3. The zero-order valence-electron chi connectivity index (χ0n) is 37.7. The summed E-state index contributed by atoms with van der Waals surface area (Å²) >= 11 is 0. The van der Waals surface area contributed by atoms with Crippen LogP contribution < -0.4 is 4.90 Å². The topological polar surface area (TPSA) is 16.4 Å². The molecule has 2 heteroatoms. The number of rotatable bonds is 7. The highest BCUT2D eigenvalue weighted by Gasteiger charge is 2.51. The lowest BCUT2D eigenvalue weighted by Crippen LogP contribution is -2.26. The van der Waals surface area contributed by atoms with Crippen molar-refractivity contribution in [1.29, 1.82) is 0 Å². The van der Waals surface area contributed by atoms with Crippen LogP contribution in [0.1, 0.15) is 22.3 Å². The Morgan fingerprint density at radius 2 is 0.754 bits per heavy atom.